The first kappa shape index (κ1) is 8.44. The van der Waals surface area contributed by atoms with E-state index >= 15 is 0 Å². The molecule has 0 spiro atoms. The summed E-state index contributed by atoms with van der Waals surface area (Å²) in [6, 6.07) is 0. The normalized spacial score (nSPS) is 12.6. The lowest BCUT2D eigenvalue weighted by atomic mass is 10.1. The average Bonchev–Trinajstić information content (AvgIpc) is 1.85. The molecule has 0 aromatic carbocycles. The van der Waals surface area contributed by atoms with E-state index < -0.39 is 0 Å². The Labute approximate surface area is 56.7 Å². The number of rotatable bonds is 5. The predicted octanol–water partition coefficient (Wildman–Crippen LogP) is 1.89. The van der Waals surface area contributed by atoms with Gasteiger partial charge in [-0.05, 0) is 19.3 Å². The van der Waals surface area contributed by atoms with Gasteiger partial charge in [-0.3, -0.25) is 0 Å². The summed E-state index contributed by atoms with van der Waals surface area (Å²) in [5.41, 5.74) is 0. The summed E-state index contributed by atoms with van der Waals surface area (Å²) in [5.74, 6) is 0. The molecule has 0 fully saturated rings. The number of allylic oxidation sites excluding steroid dienone is 1. The first-order valence-electron chi connectivity index (χ1n) is 3.21. The Balaban J connectivity index is 3.14. The van der Waals surface area contributed by atoms with Crippen molar-refractivity contribution in [1.29, 1.82) is 0 Å². The molecular formula is C8H14O. The van der Waals surface area contributed by atoms with Crippen molar-refractivity contribution in [2.24, 2.45) is 0 Å². The summed E-state index contributed by atoms with van der Waals surface area (Å²) in [4.78, 5) is 0. The van der Waals surface area contributed by atoms with Crippen molar-refractivity contribution in [2.45, 2.75) is 25.4 Å². The van der Waals surface area contributed by atoms with Gasteiger partial charge >= 0.3 is 0 Å². The molecule has 0 saturated carbocycles. The third-order valence-electron chi connectivity index (χ3n) is 1.14. The summed E-state index contributed by atoms with van der Waals surface area (Å²) in [5, 5.41) is 9.06. The molecule has 0 radical (unpaired) electrons. The minimum Gasteiger partial charge on any atom is -0.393 e. The van der Waals surface area contributed by atoms with Crippen LogP contribution in [0.2, 0.25) is 0 Å². The van der Waals surface area contributed by atoms with Crippen LogP contribution in [0.1, 0.15) is 19.3 Å². The van der Waals surface area contributed by atoms with Crippen LogP contribution in [0.3, 0.4) is 0 Å². The molecule has 0 aromatic rings. The van der Waals surface area contributed by atoms with E-state index in [1.54, 1.807) is 6.08 Å². The van der Waals surface area contributed by atoms with Gasteiger partial charge in [0, 0.05) is 0 Å². The second-order valence-electron chi connectivity index (χ2n) is 2.04. The molecule has 0 aliphatic carbocycles. The second kappa shape index (κ2) is 5.57. The molecule has 1 nitrogen and oxygen atoms in total. The van der Waals surface area contributed by atoms with Gasteiger partial charge in [0.25, 0.3) is 0 Å². The zero-order valence-electron chi connectivity index (χ0n) is 5.71. The Hall–Kier alpha value is -0.560. The van der Waals surface area contributed by atoms with Gasteiger partial charge in [-0.15, -0.1) is 13.2 Å². The van der Waals surface area contributed by atoms with Crippen LogP contribution >= 0.6 is 0 Å². The van der Waals surface area contributed by atoms with Gasteiger partial charge in [-0.2, -0.15) is 0 Å². The van der Waals surface area contributed by atoms with E-state index in [2.05, 4.69) is 13.2 Å². The summed E-state index contributed by atoms with van der Waals surface area (Å²) >= 11 is 0. The van der Waals surface area contributed by atoms with Gasteiger partial charge in [0.05, 0.1) is 6.10 Å². The van der Waals surface area contributed by atoms with Crippen LogP contribution in [0, 0.1) is 0 Å². The fourth-order valence-electron chi connectivity index (χ4n) is 0.620. The Kier molecular flexibility index (Phi) is 5.23. The maximum absolute atomic E-state index is 9.06. The van der Waals surface area contributed by atoms with E-state index in [0.717, 1.165) is 12.8 Å². The molecule has 1 heteroatoms. The molecule has 0 heterocycles. The lowest BCUT2D eigenvalue weighted by molar-refractivity contribution is 0.169. The number of aliphatic hydroxyl groups is 1. The van der Waals surface area contributed by atoms with Crippen LogP contribution in [0.25, 0.3) is 0 Å². The van der Waals surface area contributed by atoms with Crippen molar-refractivity contribution in [2.75, 3.05) is 0 Å². The van der Waals surface area contributed by atoms with Crippen molar-refractivity contribution >= 4 is 0 Å². The maximum atomic E-state index is 9.06. The first-order valence-corrected chi connectivity index (χ1v) is 3.21. The Morgan fingerprint density at radius 1 is 1.33 bits per heavy atom. The van der Waals surface area contributed by atoms with E-state index in [1.807, 2.05) is 6.08 Å². The zero-order chi connectivity index (χ0) is 7.11. The number of hydrogen-bond acceptors (Lipinski definition) is 1. The minimum absolute atomic E-state index is 0.222. The highest BCUT2D eigenvalue weighted by Gasteiger charge is 1.97. The standard InChI is InChI=1S/C8H14O/c1-3-5-7-8(9)6-4-2/h3-4,8-9H,1-2,5-7H2/t8-/m0/s1. The summed E-state index contributed by atoms with van der Waals surface area (Å²) in [6.45, 7) is 7.08. The van der Waals surface area contributed by atoms with Gasteiger partial charge < -0.3 is 5.11 Å². The van der Waals surface area contributed by atoms with Gasteiger partial charge in [0.2, 0.25) is 0 Å². The predicted molar refractivity (Wildman–Crippen MR) is 40.3 cm³/mol. The molecule has 52 valence electrons. The van der Waals surface area contributed by atoms with Gasteiger partial charge in [-0.1, -0.05) is 12.2 Å². The largest absolute Gasteiger partial charge is 0.393 e. The van der Waals surface area contributed by atoms with E-state index in [0.29, 0.717) is 6.42 Å². The Morgan fingerprint density at radius 2 is 2.00 bits per heavy atom. The highest BCUT2D eigenvalue weighted by molar-refractivity contribution is 4.75. The SMILES string of the molecule is C=CCC[C@@H](O)CC=C. The molecule has 1 atom stereocenters. The lowest BCUT2D eigenvalue weighted by Gasteiger charge is -2.03. The van der Waals surface area contributed by atoms with Crippen molar-refractivity contribution in [1.82, 2.24) is 0 Å². The molecule has 1 N–H and O–H groups in total. The second-order valence-corrected chi connectivity index (χ2v) is 2.04. The highest BCUT2D eigenvalue weighted by Crippen LogP contribution is 2.01. The third kappa shape index (κ3) is 5.31. The zero-order valence-corrected chi connectivity index (χ0v) is 5.71. The monoisotopic (exact) mass is 126 g/mol. The quantitative estimate of drug-likeness (QED) is 0.558. The fraction of sp³-hybridized carbons (Fsp3) is 0.500. The molecule has 0 aliphatic heterocycles. The Bertz CT molecular complexity index is 86.6. The molecule has 0 aliphatic rings. The van der Waals surface area contributed by atoms with Gasteiger partial charge in [0.1, 0.15) is 0 Å². The average molecular weight is 126 g/mol. The van der Waals surface area contributed by atoms with Crippen molar-refractivity contribution in [3.05, 3.63) is 25.3 Å². The maximum Gasteiger partial charge on any atom is 0.0577 e. The van der Waals surface area contributed by atoms with E-state index in [4.69, 9.17) is 5.11 Å². The molecule has 0 aromatic heterocycles. The van der Waals surface area contributed by atoms with Crippen LogP contribution in [-0.4, -0.2) is 11.2 Å². The van der Waals surface area contributed by atoms with Crippen LogP contribution in [0.15, 0.2) is 25.3 Å². The van der Waals surface area contributed by atoms with E-state index in [1.165, 1.54) is 0 Å². The number of aliphatic hydroxyl groups excluding tert-OH is 1. The van der Waals surface area contributed by atoms with E-state index in [9.17, 15) is 0 Å². The van der Waals surface area contributed by atoms with Gasteiger partial charge in [0.15, 0.2) is 0 Å². The van der Waals surface area contributed by atoms with Crippen LogP contribution in [-0.2, 0) is 0 Å². The highest BCUT2D eigenvalue weighted by atomic mass is 16.3. The fourth-order valence-corrected chi connectivity index (χ4v) is 0.620. The number of hydrogen-bond donors (Lipinski definition) is 1. The van der Waals surface area contributed by atoms with Crippen molar-refractivity contribution in [3.63, 3.8) is 0 Å². The third-order valence-corrected chi connectivity index (χ3v) is 1.14. The summed E-state index contributed by atoms with van der Waals surface area (Å²) in [6.07, 6.45) is 5.69. The van der Waals surface area contributed by atoms with Crippen molar-refractivity contribution in [3.8, 4) is 0 Å². The van der Waals surface area contributed by atoms with Crippen LogP contribution in [0.4, 0.5) is 0 Å². The molecule has 0 amide bonds. The van der Waals surface area contributed by atoms with Crippen LogP contribution in [0.5, 0.6) is 0 Å². The Morgan fingerprint density at radius 3 is 2.44 bits per heavy atom. The molecule has 0 unspecified atom stereocenters. The van der Waals surface area contributed by atoms with E-state index in [-0.39, 0.29) is 6.10 Å². The molecule has 0 bridgehead atoms. The summed E-state index contributed by atoms with van der Waals surface area (Å²) < 4.78 is 0. The van der Waals surface area contributed by atoms with Crippen LogP contribution < -0.4 is 0 Å². The first-order chi connectivity index (χ1) is 4.31. The molecule has 0 rings (SSSR count). The topological polar surface area (TPSA) is 20.2 Å². The molecule has 0 saturated heterocycles. The smallest absolute Gasteiger partial charge is 0.0577 e. The summed E-state index contributed by atoms with van der Waals surface area (Å²) in [7, 11) is 0. The lowest BCUT2D eigenvalue weighted by Crippen LogP contribution is -2.02. The molecule has 9 heavy (non-hydrogen) atoms. The van der Waals surface area contributed by atoms with Crippen molar-refractivity contribution < 1.29 is 5.11 Å². The molecular weight excluding hydrogens is 112 g/mol. The minimum atomic E-state index is -0.222. The van der Waals surface area contributed by atoms with Gasteiger partial charge in [-0.25, -0.2) is 0 Å².